The molecule has 0 saturated heterocycles. The molecule has 0 saturated carbocycles. The first-order valence-electron chi connectivity index (χ1n) is 14.1. The molecule has 0 aliphatic heterocycles. The fourth-order valence-corrected chi connectivity index (χ4v) is 3.60. The summed E-state index contributed by atoms with van der Waals surface area (Å²) >= 11 is 2.42. The molecule has 0 heterocycles. The average molecular weight is 649 g/mol. The molecule has 0 aromatic carbocycles. The maximum atomic E-state index is 11.5. The lowest BCUT2D eigenvalue weighted by atomic mass is 10.2. The van der Waals surface area contributed by atoms with Gasteiger partial charge in [0.1, 0.15) is 6.61 Å². The molecule has 0 N–H and O–H groups in total. The van der Waals surface area contributed by atoms with Crippen LogP contribution in [0.15, 0.2) is 0 Å². The van der Waals surface area contributed by atoms with Crippen molar-refractivity contribution in [2.24, 2.45) is 0 Å². The van der Waals surface area contributed by atoms with Crippen LogP contribution in [0.2, 0.25) is 0 Å². The zero-order chi connectivity index (χ0) is 26.9. The Hall–Kier alpha value is -0.0800. The summed E-state index contributed by atoms with van der Waals surface area (Å²) in [5.74, 6) is -0.144. The standard InChI is InChI=1S/C27H53IO9/c1-2-3-4-7-10-27(29)37-26-25-36-24-23-35-22-21-34-20-19-33-18-17-32-16-15-31-14-13-30-12-9-6-5-8-11-28/h2-26H2,1H3. The van der Waals surface area contributed by atoms with Crippen molar-refractivity contribution in [2.45, 2.75) is 64.7 Å². The molecule has 222 valence electrons. The van der Waals surface area contributed by atoms with E-state index in [4.69, 9.17) is 37.9 Å². The fraction of sp³-hybridized carbons (Fsp3) is 0.963. The van der Waals surface area contributed by atoms with Crippen LogP contribution >= 0.6 is 22.6 Å². The Balaban J connectivity index is 3.07. The summed E-state index contributed by atoms with van der Waals surface area (Å²) in [5.41, 5.74) is 0. The molecule has 0 radical (unpaired) electrons. The van der Waals surface area contributed by atoms with Gasteiger partial charge in [-0.1, -0.05) is 61.6 Å². The van der Waals surface area contributed by atoms with Crippen molar-refractivity contribution >= 4 is 28.6 Å². The van der Waals surface area contributed by atoms with Crippen molar-refractivity contribution in [2.75, 3.05) is 104 Å². The molecule has 0 atom stereocenters. The van der Waals surface area contributed by atoms with Crippen molar-refractivity contribution in [1.29, 1.82) is 0 Å². The van der Waals surface area contributed by atoms with Gasteiger partial charge in [0, 0.05) is 13.0 Å². The third-order valence-electron chi connectivity index (χ3n) is 5.13. The Kier molecular flexibility index (Phi) is 33.9. The molecule has 0 aliphatic rings. The molecule has 10 heteroatoms. The first kappa shape index (κ1) is 36.9. The Morgan fingerprint density at radius 1 is 0.459 bits per heavy atom. The van der Waals surface area contributed by atoms with E-state index in [1.165, 1.54) is 23.7 Å². The van der Waals surface area contributed by atoms with Crippen LogP contribution < -0.4 is 0 Å². The van der Waals surface area contributed by atoms with Gasteiger partial charge >= 0.3 is 5.97 Å². The Bertz CT molecular complexity index is 444. The highest BCUT2D eigenvalue weighted by Gasteiger charge is 2.02. The summed E-state index contributed by atoms with van der Waals surface area (Å²) in [7, 11) is 0. The molecule has 0 bridgehead atoms. The van der Waals surface area contributed by atoms with Gasteiger partial charge in [-0.15, -0.1) is 0 Å². The number of unbranched alkanes of at least 4 members (excludes halogenated alkanes) is 6. The maximum absolute atomic E-state index is 11.5. The van der Waals surface area contributed by atoms with E-state index in [0.717, 1.165) is 38.7 Å². The number of ether oxygens (including phenoxy) is 8. The number of esters is 1. The fourth-order valence-electron chi connectivity index (χ4n) is 3.06. The van der Waals surface area contributed by atoms with E-state index in [-0.39, 0.29) is 5.97 Å². The second kappa shape index (κ2) is 33.9. The summed E-state index contributed by atoms with van der Waals surface area (Å²) in [6, 6.07) is 0. The minimum atomic E-state index is -0.144. The van der Waals surface area contributed by atoms with Crippen LogP contribution in [0.4, 0.5) is 0 Å². The average Bonchev–Trinajstić information content (AvgIpc) is 2.90. The molecule has 9 nitrogen and oxygen atoms in total. The van der Waals surface area contributed by atoms with E-state index in [9.17, 15) is 4.79 Å². The lowest BCUT2D eigenvalue weighted by molar-refractivity contribution is -0.145. The predicted molar refractivity (Wildman–Crippen MR) is 153 cm³/mol. The second-order valence-electron chi connectivity index (χ2n) is 8.42. The van der Waals surface area contributed by atoms with E-state index in [1.54, 1.807) is 0 Å². The van der Waals surface area contributed by atoms with Gasteiger partial charge < -0.3 is 37.9 Å². The lowest BCUT2D eigenvalue weighted by Crippen LogP contribution is -2.15. The maximum Gasteiger partial charge on any atom is 0.305 e. The van der Waals surface area contributed by atoms with Gasteiger partial charge in [-0.25, -0.2) is 0 Å². The van der Waals surface area contributed by atoms with Crippen molar-refractivity contribution in [1.82, 2.24) is 0 Å². The first-order valence-corrected chi connectivity index (χ1v) is 15.6. The van der Waals surface area contributed by atoms with E-state index in [1.807, 2.05) is 0 Å². The third kappa shape index (κ3) is 33.9. The quantitative estimate of drug-likeness (QED) is 0.0449. The molecule has 0 aliphatic carbocycles. The van der Waals surface area contributed by atoms with Gasteiger partial charge in [0.2, 0.25) is 0 Å². The normalized spacial score (nSPS) is 11.3. The van der Waals surface area contributed by atoms with Crippen LogP contribution in [0.5, 0.6) is 0 Å². The van der Waals surface area contributed by atoms with Crippen LogP contribution in [0, 0.1) is 0 Å². The zero-order valence-electron chi connectivity index (χ0n) is 23.2. The molecule has 0 aromatic heterocycles. The van der Waals surface area contributed by atoms with Gasteiger partial charge in [0.05, 0.1) is 85.9 Å². The highest BCUT2D eigenvalue weighted by molar-refractivity contribution is 14.1. The Morgan fingerprint density at radius 3 is 1.27 bits per heavy atom. The Morgan fingerprint density at radius 2 is 0.838 bits per heavy atom. The Labute approximate surface area is 239 Å². The topological polar surface area (TPSA) is 90.9 Å². The summed E-state index contributed by atoms with van der Waals surface area (Å²) in [5, 5.41) is 0. The van der Waals surface area contributed by atoms with E-state index in [2.05, 4.69) is 29.5 Å². The van der Waals surface area contributed by atoms with Gasteiger partial charge in [-0.05, 0) is 23.7 Å². The number of carbonyl (C=O) groups is 1. The van der Waals surface area contributed by atoms with Crippen LogP contribution in [0.1, 0.15) is 64.7 Å². The van der Waals surface area contributed by atoms with E-state index >= 15 is 0 Å². The van der Waals surface area contributed by atoms with Crippen LogP contribution in [-0.2, 0) is 42.7 Å². The number of halogens is 1. The van der Waals surface area contributed by atoms with Gasteiger partial charge in [0.25, 0.3) is 0 Å². The number of hydrogen-bond donors (Lipinski definition) is 0. The van der Waals surface area contributed by atoms with Gasteiger partial charge in [-0.3, -0.25) is 4.79 Å². The first-order chi connectivity index (χ1) is 18.3. The number of alkyl halides is 1. The molecular formula is C27H53IO9. The van der Waals surface area contributed by atoms with Crippen LogP contribution in [0.25, 0.3) is 0 Å². The summed E-state index contributed by atoms with van der Waals surface area (Å²) in [6.45, 7) is 10.1. The third-order valence-corrected chi connectivity index (χ3v) is 5.89. The SMILES string of the molecule is CCCCCCC(=O)OCCOCCOCCOCCOCCOCCOCCOCCCCCCI. The predicted octanol–water partition coefficient (Wildman–Crippen LogP) is 4.61. The summed E-state index contributed by atoms with van der Waals surface area (Å²) in [4.78, 5) is 11.5. The smallest absolute Gasteiger partial charge is 0.305 e. The van der Waals surface area contributed by atoms with Gasteiger partial charge in [0.15, 0.2) is 0 Å². The lowest BCUT2D eigenvalue weighted by Gasteiger charge is -2.09. The highest BCUT2D eigenvalue weighted by Crippen LogP contribution is 2.03. The zero-order valence-corrected chi connectivity index (χ0v) is 25.4. The minimum Gasteiger partial charge on any atom is -0.463 e. The largest absolute Gasteiger partial charge is 0.463 e. The van der Waals surface area contributed by atoms with E-state index in [0.29, 0.717) is 98.9 Å². The van der Waals surface area contributed by atoms with Crippen molar-refractivity contribution < 1.29 is 42.7 Å². The summed E-state index contributed by atoms with van der Waals surface area (Å²) in [6.07, 6.45) is 9.78. The van der Waals surface area contributed by atoms with Crippen LogP contribution in [-0.4, -0.2) is 110 Å². The monoisotopic (exact) mass is 648 g/mol. The molecule has 0 rings (SSSR count). The second-order valence-corrected chi connectivity index (χ2v) is 9.50. The van der Waals surface area contributed by atoms with Crippen molar-refractivity contribution in [3.8, 4) is 0 Å². The number of rotatable bonds is 32. The molecule has 0 fully saturated rings. The molecule has 0 amide bonds. The molecule has 0 spiro atoms. The molecule has 0 unspecified atom stereocenters. The van der Waals surface area contributed by atoms with Crippen molar-refractivity contribution in [3.05, 3.63) is 0 Å². The number of hydrogen-bond acceptors (Lipinski definition) is 9. The van der Waals surface area contributed by atoms with Gasteiger partial charge in [-0.2, -0.15) is 0 Å². The van der Waals surface area contributed by atoms with Crippen molar-refractivity contribution in [3.63, 3.8) is 0 Å². The van der Waals surface area contributed by atoms with E-state index < -0.39 is 0 Å². The highest BCUT2D eigenvalue weighted by atomic mass is 127. The van der Waals surface area contributed by atoms with Crippen LogP contribution in [0.3, 0.4) is 0 Å². The minimum absolute atomic E-state index is 0.144. The summed E-state index contributed by atoms with van der Waals surface area (Å²) < 4.78 is 44.6. The molecular weight excluding hydrogens is 595 g/mol. The number of carbonyl (C=O) groups excluding carboxylic acids is 1. The molecule has 0 aromatic rings. The molecule has 37 heavy (non-hydrogen) atoms.